The van der Waals surface area contributed by atoms with E-state index in [9.17, 15) is 9.18 Å². The molecule has 31 heavy (non-hydrogen) atoms. The molecule has 0 saturated carbocycles. The number of halogens is 1. The van der Waals surface area contributed by atoms with Gasteiger partial charge in [-0.25, -0.2) is 9.18 Å². The normalized spacial score (nSPS) is 14.5. The molecule has 6 heteroatoms. The lowest BCUT2D eigenvalue weighted by Gasteiger charge is -2.35. The molecule has 0 spiro atoms. The highest BCUT2D eigenvalue weighted by Crippen LogP contribution is 2.40. The Hall–Kier alpha value is -3.25. The topological polar surface area (TPSA) is 68.5 Å². The summed E-state index contributed by atoms with van der Waals surface area (Å²) in [5.41, 5.74) is 12.0. The van der Waals surface area contributed by atoms with E-state index in [4.69, 9.17) is 10.5 Å². The fraction of sp³-hybridized carbons (Fsp3) is 0.280. The van der Waals surface area contributed by atoms with Crippen LogP contribution >= 0.6 is 0 Å². The molecule has 0 bridgehead atoms. The first-order valence-electron chi connectivity index (χ1n) is 10.4. The lowest BCUT2D eigenvalue weighted by molar-refractivity contribution is 0.0600. The summed E-state index contributed by atoms with van der Waals surface area (Å²) < 4.78 is 19.0. The van der Waals surface area contributed by atoms with E-state index in [0.717, 1.165) is 59.4 Å². The van der Waals surface area contributed by atoms with Crippen LogP contribution in [0.1, 0.15) is 28.8 Å². The number of benzene rings is 2. The third-order valence-corrected chi connectivity index (χ3v) is 5.74. The van der Waals surface area contributed by atoms with E-state index in [2.05, 4.69) is 9.88 Å². The molecule has 1 fully saturated rings. The van der Waals surface area contributed by atoms with Gasteiger partial charge >= 0.3 is 5.97 Å². The van der Waals surface area contributed by atoms with E-state index >= 15 is 0 Å². The SMILES string of the molecule is COC(=O)c1ccc(-c2cncc(-c3cc(C)cc(F)c3)c2N2CCC(N)CC2)cc1. The first kappa shape index (κ1) is 21.0. The molecule has 0 atom stereocenters. The average molecular weight is 420 g/mol. The molecular formula is C25H26FN3O2. The second-order valence-electron chi connectivity index (χ2n) is 7.99. The first-order chi connectivity index (χ1) is 15.0. The minimum atomic E-state index is -0.376. The Balaban J connectivity index is 1.86. The Morgan fingerprint density at radius 2 is 1.71 bits per heavy atom. The van der Waals surface area contributed by atoms with Gasteiger partial charge in [-0.15, -0.1) is 0 Å². The molecule has 0 radical (unpaired) electrons. The van der Waals surface area contributed by atoms with Gasteiger partial charge < -0.3 is 15.4 Å². The molecule has 1 aromatic heterocycles. The zero-order valence-electron chi connectivity index (χ0n) is 17.8. The summed E-state index contributed by atoms with van der Waals surface area (Å²) in [5, 5.41) is 0. The highest BCUT2D eigenvalue weighted by molar-refractivity contribution is 5.93. The number of nitrogens with zero attached hydrogens (tertiary/aromatic N) is 2. The number of methoxy groups -OCH3 is 1. The molecule has 2 aromatic carbocycles. The Labute approximate surface area is 181 Å². The molecule has 3 aromatic rings. The van der Waals surface area contributed by atoms with Crippen LogP contribution in [0.25, 0.3) is 22.3 Å². The number of rotatable bonds is 4. The molecule has 0 unspecified atom stereocenters. The number of carbonyl (C=O) groups excluding carboxylic acids is 1. The number of esters is 1. The summed E-state index contributed by atoms with van der Waals surface area (Å²) >= 11 is 0. The number of nitrogens with two attached hydrogens (primary N) is 1. The van der Waals surface area contributed by atoms with Gasteiger partial charge in [0.15, 0.2) is 0 Å². The van der Waals surface area contributed by atoms with Crippen molar-refractivity contribution in [2.24, 2.45) is 5.73 Å². The Morgan fingerprint density at radius 3 is 2.32 bits per heavy atom. The summed E-state index contributed by atoms with van der Waals surface area (Å²) in [4.78, 5) is 18.6. The number of hydrogen-bond acceptors (Lipinski definition) is 5. The lowest BCUT2D eigenvalue weighted by Crippen LogP contribution is -2.40. The van der Waals surface area contributed by atoms with Gasteiger partial charge in [0.05, 0.1) is 18.4 Å². The number of aromatic nitrogens is 1. The predicted octanol–water partition coefficient (Wildman–Crippen LogP) is 4.58. The maximum atomic E-state index is 14.2. The second-order valence-corrected chi connectivity index (χ2v) is 7.99. The van der Waals surface area contributed by atoms with Crippen molar-refractivity contribution in [3.63, 3.8) is 0 Å². The monoisotopic (exact) mass is 419 g/mol. The molecule has 5 nitrogen and oxygen atoms in total. The van der Waals surface area contributed by atoms with Gasteiger partial charge in [0, 0.05) is 42.7 Å². The minimum absolute atomic E-state index is 0.195. The smallest absolute Gasteiger partial charge is 0.337 e. The number of piperidine rings is 1. The summed E-state index contributed by atoms with van der Waals surface area (Å²) in [5.74, 6) is -0.645. The molecule has 2 heterocycles. The maximum absolute atomic E-state index is 14.2. The summed E-state index contributed by atoms with van der Waals surface area (Å²) in [6, 6.07) is 12.5. The van der Waals surface area contributed by atoms with Crippen LogP contribution in [0.4, 0.5) is 10.1 Å². The molecule has 0 aliphatic carbocycles. The number of hydrogen-bond donors (Lipinski definition) is 1. The largest absolute Gasteiger partial charge is 0.465 e. The van der Waals surface area contributed by atoms with Gasteiger partial charge in [0.1, 0.15) is 5.82 Å². The van der Waals surface area contributed by atoms with Crippen molar-refractivity contribution < 1.29 is 13.9 Å². The third-order valence-electron chi connectivity index (χ3n) is 5.74. The standard InChI is InChI=1S/C25H26FN3O2/c1-16-11-19(13-20(26)12-16)23-15-28-14-22(24(23)29-9-7-21(27)8-10-29)17-3-5-18(6-4-17)25(30)31-2/h3-6,11-15,21H,7-10,27H2,1-2H3. The summed E-state index contributed by atoms with van der Waals surface area (Å²) in [6.07, 6.45) is 5.41. The van der Waals surface area contributed by atoms with Gasteiger partial charge in [-0.05, 0) is 60.7 Å². The number of pyridine rings is 1. The van der Waals surface area contributed by atoms with Gasteiger partial charge in [0.25, 0.3) is 0 Å². The fourth-order valence-corrected chi connectivity index (χ4v) is 4.14. The van der Waals surface area contributed by atoms with Crippen molar-refractivity contribution >= 4 is 11.7 Å². The van der Waals surface area contributed by atoms with E-state index in [1.807, 2.05) is 31.3 Å². The lowest BCUT2D eigenvalue weighted by atomic mass is 9.94. The van der Waals surface area contributed by atoms with E-state index in [0.29, 0.717) is 5.56 Å². The molecule has 1 aliphatic heterocycles. The van der Waals surface area contributed by atoms with E-state index in [1.54, 1.807) is 24.4 Å². The number of carbonyl (C=O) groups is 1. The predicted molar refractivity (Wildman–Crippen MR) is 121 cm³/mol. The average Bonchev–Trinajstić information content (AvgIpc) is 2.78. The molecule has 4 rings (SSSR count). The maximum Gasteiger partial charge on any atom is 0.337 e. The molecule has 1 saturated heterocycles. The van der Waals surface area contributed by atoms with Crippen molar-refractivity contribution in [2.75, 3.05) is 25.1 Å². The van der Waals surface area contributed by atoms with Gasteiger partial charge in [-0.3, -0.25) is 4.98 Å². The summed E-state index contributed by atoms with van der Waals surface area (Å²) in [7, 11) is 1.36. The third kappa shape index (κ3) is 4.44. The molecule has 0 amide bonds. The Morgan fingerprint density at radius 1 is 1.06 bits per heavy atom. The van der Waals surface area contributed by atoms with Crippen molar-refractivity contribution in [3.8, 4) is 22.3 Å². The van der Waals surface area contributed by atoms with Crippen LogP contribution in [-0.2, 0) is 4.74 Å². The molecule has 2 N–H and O–H groups in total. The number of ether oxygens (including phenoxy) is 1. The van der Waals surface area contributed by atoms with Gasteiger partial charge in [-0.1, -0.05) is 18.2 Å². The van der Waals surface area contributed by atoms with Crippen LogP contribution in [-0.4, -0.2) is 37.2 Å². The molecule has 1 aliphatic rings. The zero-order valence-corrected chi connectivity index (χ0v) is 17.8. The molecular weight excluding hydrogens is 393 g/mol. The van der Waals surface area contributed by atoms with Gasteiger partial charge in [0.2, 0.25) is 0 Å². The quantitative estimate of drug-likeness (QED) is 0.627. The van der Waals surface area contributed by atoms with Crippen molar-refractivity contribution in [2.45, 2.75) is 25.8 Å². The van der Waals surface area contributed by atoms with E-state index in [-0.39, 0.29) is 17.8 Å². The van der Waals surface area contributed by atoms with Crippen molar-refractivity contribution in [1.82, 2.24) is 4.98 Å². The number of aryl methyl sites for hydroxylation is 1. The van der Waals surface area contributed by atoms with Gasteiger partial charge in [-0.2, -0.15) is 0 Å². The molecule has 160 valence electrons. The highest BCUT2D eigenvalue weighted by Gasteiger charge is 2.23. The second kappa shape index (κ2) is 8.86. The fourth-order valence-electron chi connectivity index (χ4n) is 4.14. The van der Waals surface area contributed by atoms with Crippen LogP contribution < -0.4 is 10.6 Å². The van der Waals surface area contributed by atoms with E-state index < -0.39 is 0 Å². The number of anilines is 1. The minimum Gasteiger partial charge on any atom is -0.465 e. The Bertz CT molecular complexity index is 1070. The van der Waals surface area contributed by atoms with Crippen molar-refractivity contribution in [1.29, 1.82) is 0 Å². The van der Waals surface area contributed by atoms with Crippen LogP contribution in [0.5, 0.6) is 0 Å². The summed E-state index contributed by atoms with van der Waals surface area (Å²) in [6.45, 7) is 3.52. The van der Waals surface area contributed by atoms with Crippen LogP contribution in [0.15, 0.2) is 54.9 Å². The van der Waals surface area contributed by atoms with Crippen molar-refractivity contribution in [3.05, 3.63) is 71.8 Å². The van der Waals surface area contributed by atoms with Crippen LogP contribution in [0.3, 0.4) is 0 Å². The highest BCUT2D eigenvalue weighted by atomic mass is 19.1. The first-order valence-corrected chi connectivity index (χ1v) is 10.4. The van der Waals surface area contributed by atoms with Crippen LogP contribution in [0, 0.1) is 12.7 Å². The van der Waals surface area contributed by atoms with E-state index in [1.165, 1.54) is 13.2 Å². The Kier molecular flexibility index (Phi) is 6.00. The zero-order chi connectivity index (χ0) is 22.0. The van der Waals surface area contributed by atoms with Crippen LogP contribution in [0.2, 0.25) is 0 Å².